The van der Waals surface area contributed by atoms with Crippen LogP contribution in [0.25, 0.3) is 0 Å². The van der Waals surface area contributed by atoms with Gasteiger partial charge < -0.3 is 9.80 Å². The van der Waals surface area contributed by atoms with Crippen LogP contribution in [-0.4, -0.2) is 41.8 Å². The fourth-order valence-electron chi connectivity index (χ4n) is 3.27. The number of piperidine rings is 1. The Bertz CT molecular complexity index is 628. The molecule has 0 saturated carbocycles. The Morgan fingerprint density at radius 2 is 1.92 bits per heavy atom. The Morgan fingerprint density at radius 3 is 2.52 bits per heavy atom. The highest BCUT2D eigenvalue weighted by atomic mass is 19.1. The molecule has 138 valence electrons. The number of hydrogen-bond acceptors (Lipinski definition) is 2. The van der Waals surface area contributed by atoms with Gasteiger partial charge >= 0.3 is 0 Å². The van der Waals surface area contributed by atoms with Gasteiger partial charge in [0.25, 0.3) is 0 Å². The molecule has 0 N–H and O–H groups in total. The molecular weight excluding hydrogens is 326 g/mol. The number of amides is 2. The maximum Gasteiger partial charge on any atom is 0.226 e. The highest BCUT2D eigenvalue weighted by Gasteiger charge is 2.31. The van der Waals surface area contributed by atoms with Gasteiger partial charge in [0.1, 0.15) is 11.6 Å². The van der Waals surface area contributed by atoms with Crippen LogP contribution in [0.4, 0.5) is 8.78 Å². The van der Waals surface area contributed by atoms with Crippen LogP contribution in [0.3, 0.4) is 0 Å². The van der Waals surface area contributed by atoms with Crippen molar-refractivity contribution in [2.45, 2.75) is 45.6 Å². The van der Waals surface area contributed by atoms with E-state index in [1.165, 1.54) is 4.90 Å². The summed E-state index contributed by atoms with van der Waals surface area (Å²) >= 11 is 0. The fourth-order valence-corrected chi connectivity index (χ4v) is 3.27. The zero-order valence-electron chi connectivity index (χ0n) is 15.1. The van der Waals surface area contributed by atoms with Gasteiger partial charge in [-0.2, -0.15) is 0 Å². The van der Waals surface area contributed by atoms with Gasteiger partial charge in [0.15, 0.2) is 0 Å². The van der Waals surface area contributed by atoms with Crippen LogP contribution in [-0.2, 0) is 9.59 Å². The third-order valence-electron chi connectivity index (χ3n) is 5.00. The second-order valence-corrected chi connectivity index (χ2v) is 6.70. The van der Waals surface area contributed by atoms with E-state index in [1.807, 2.05) is 11.8 Å². The summed E-state index contributed by atoms with van der Waals surface area (Å²) in [6, 6.07) is 2.73. The predicted molar refractivity (Wildman–Crippen MR) is 91.8 cm³/mol. The zero-order chi connectivity index (χ0) is 18.6. The van der Waals surface area contributed by atoms with Gasteiger partial charge in [0.05, 0.1) is 6.04 Å². The molecule has 1 aromatic rings. The first-order valence-electron chi connectivity index (χ1n) is 8.84. The van der Waals surface area contributed by atoms with E-state index in [2.05, 4.69) is 0 Å². The summed E-state index contributed by atoms with van der Waals surface area (Å²) in [6.07, 6.45) is 2.57. The Hall–Kier alpha value is -1.98. The largest absolute Gasteiger partial charge is 0.343 e. The number of nitrogens with zero attached hydrogens (tertiary/aromatic N) is 2. The monoisotopic (exact) mass is 352 g/mol. The standard InChI is InChI=1S/C19H26F2N2O2/c1-4-5-18(24)23-10-8-14(9-11-23)19(25)22(3)13(2)16-12-15(20)6-7-17(16)21/h6-7,12-14H,4-5,8-11H2,1-3H3. The van der Waals surface area contributed by atoms with E-state index in [9.17, 15) is 18.4 Å². The van der Waals surface area contributed by atoms with Crippen molar-refractivity contribution in [2.75, 3.05) is 20.1 Å². The van der Waals surface area contributed by atoms with Gasteiger partial charge in [-0.05, 0) is 44.4 Å². The first kappa shape index (κ1) is 19.3. The molecular formula is C19H26F2N2O2. The highest BCUT2D eigenvalue weighted by Crippen LogP contribution is 2.27. The molecule has 1 fully saturated rings. The SMILES string of the molecule is CCCC(=O)N1CCC(C(=O)N(C)C(C)c2cc(F)ccc2F)CC1. The average molecular weight is 352 g/mol. The van der Waals surface area contributed by atoms with Crippen LogP contribution in [0.1, 0.15) is 51.1 Å². The van der Waals surface area contributed by atoms with E-state index in [1.54, 1.807) is 14.0 Å². The van der Waals surface area contributed by atoms with E-state index in [4.69, 9.17) is 0 Å². The third kappa shape index (κ3) is 4.55. The molecule has 1 aliphatic heterocycles. The lowest BCUT2D eigenvalue weighted by Crippen LogP contribution is -2.44. The molecule has 0 aromatic heterocycles. The lowest BCUT2D eigenvalue weighted by atomic mass is 9.94. The van der Waals surface area contributed by atoms with Crippen molar-refractivity contribution in [1.29, 1.82) is 0 Å². The lowest BCUT2D eigenvalue weighted by molar-refractivity contribution is -0.141. The van der Waals surface area contributed by atoms with Gasteiger partial charge in [0.2, 0.25) is 11.8 Å². The predicted octanol–water partition coefficient (Wildman–Crippen LogP) is 3.52. The Balaban J connectivity index is 1.98. The maximum atomic E-state index is 13.9. The Kier molecular flexibility index (Phi) is 6.51. The molecule has 1 aromatic carbocycles. The summed E-state index contributed by atoms with van der Waals surface area (Å²) in [4.78, 5) is 27.9. The van der Waals surface area contributed by atoms with Crippen molar-refractivity contribution in [1.82, 2.24) is 9.80 Å². The molecule has 4 nitrogen and oxygen atoms in total. The second-order valence-electron chi connectivity index (χ2n) is 6.70. The minimum Gasteiger partial charge on any atom is -0.343 e. The molecule has 1 heterocycles. The molecule has 0 aliphatic carbocycles. The van der Waals surface area contributed by atoms with Crippen LogP contribution >= 0.6 is 0 Å². The minimum absolute atomic E-state index is 0.0845. The molecule has 0 radical (unpaired) electrons. The van der Waals surface area contributed by atoms with Gasteiger partial charge in [-0.25, -0.2) is 8.78 Å². The fraction of sp³-hybridized carbons (Fsp3) is 0.579. The molecule has 6 heteroatoms. The van der Waals surface area contributed by atoms with Crippen molar-refractivity contribution in [3.05, 3.63) is 35.4 Å². The molecule has 1 saturated heterocycles. The van der Waals surface area contributed by atoms with E-state index in [-0.39, 0.29) is 23.3 Å². The van der Waals surface area contributed by atoms with Crippen molar-refractivity contribution >= 4 is 11.8 Å². The highest BCUT2D eigenvalue weighted by molar-refractivity contribution is 5.80. The summed E-state index contributed by atoms with van der Waals surface area (Å²) in [5, 5.41) is 0. The topological polar surface area (TPSA) is 40.6 Å². The van der Waals surface area contributed by atoms with Gasteiger partial charge in [-0.1, -0.05) is 6.92 Å². The second kappa shape index (κ2) is 8.41. The molecule has 2 amide bonds. The lowest BCUT2D eigenvalue weighted by Gasteiger charge is -2.35. The van der Waals surface area contributed by atoms with Crippen molar-refractivity contribution < 1.29 is 18.4 Å². The summed E-state index contributed by atoms with van der Waals surface area (Å²) in [5.41, 5.74) is 0.173. The molecule has 1 atom stereocenters. The summed E-state index contributed by atoms with van der Waals surface area (Å²) in [5.74, 6) is -1.18. The Labute approximate surface area is 147 Å². The minimum atomic E-state index is -0.553. The van der Waals surface area contributed by atoms with Crippen molar-refractivity contribution in [3.8, 4) is 0 Å². The third-order valence-corrected chi connectivity index (χ3v) is 5.00. The van der Waals surface area contributed by atoms with Crippen LogP contribution in [0, 0.1) is 17.6 Å². The maximum absolute atomic E-state index is 13.9. The number of likely N-dealkylation sites (tertiary alicyclic amines) is 1. The van der Waals surface area contributed by atoms with E-state index >= 15 is 0 Å². The first-order valence-corrected chi connectivity index (χ1v) is 8.84. The number of benzene rings is 1. The van der Waals surface area contributed by atoms with Crippen molar-refractivity contribution in [3.63, 3.8) is 0 Å². The van der Waals surface area contributed by atoms with Crippen LogP contribution < -0.4 is 0 Å². The number of halogens is 2. The van der Waals surface area contributed by atoms with Crippen LogP contribution in [0.5, 0.6) is 0 Å². The van der Waals surface area contributed by atoms with E-state index in [0.29, 0.717) is 32.4 Å². The van der Waals surface area contributed by atoms with Crippen molar-refractivity contribution in [2.24, 2.45) is 5.92 Å². The normalized spacial score (nSPS) is 16.6. The van der Waals surface area contributed by atoms with Crippen LogP contribution in [0.15, 0.2) is 18.2 Å². The number of carbonyl (C=O) groups is 2. The molecule has 0 spiro atoms. The smallest absolute Gasteiger partial charge is 0.226 e. The zero-order valence-corrected chi connectivity index (χ0v) is 15.1. The van der Waals surface area contributed by atoms with Gasteiger partial charge in [0, 0.05) is 38.0 Å². The molecule has 25 heavy (non-hydrogen) atoms. The summed E-state index contributed by atoms with van der Waals surface area (Å²) in [6.45, 7) is 4.81. The molecule has 0 bridgehead atoms. The van der Waals surface area contributed by atoms with E-state index < -0.39 is 17.7 Å². The van der Waals surface area contributed by atoms with Gasteiger partial charge in [-0.15, -0.1) is 0 Å². The quantitative estimate of drug-likeness (QED) is 0.813. The first-order chi connectivity index (χ1) is 11.8. The summed E-state index contributed by atoms with van der Waals surface area (Å²) < 4.78 is 27.4. The Morgan fingerprint density at radius 1 is 1.28 bits per heavy atom. The molecule has 2 rings (SSSR count). The number of rotatable bonds is 5. The van der Waals surface area contributed by atoms with Gasteiger partial charge in [-0.3, -0.25) is 9.59 Å². The summed E-state index contributed by atoms with van der Waals surface area (Å²) in [7, 11) is 1.62. The number of carbonyl (C=O) groups excluding carboxylic acids is 2. The average Bonchev–Trinajstić information content (AvgIpc) is 2.62. The van der Waals surface area contributed by atoms with E-state index in [0.717, 1.165) is 24.6 Å². The molecule has 1 unspecified atom stereocenters. The number of hydrogen-bond donors (Lipinski definition) is 0. The molecule has 1 aliphatic rings. The van der Waals surface area contributed by atoms with Crippen LogP contribution in [0.2, 0.25) is 0 Å².